The van der Waals surface area contributed by atoms with E-state index in [1.165, 1.54) is 0 Å². The van der Waals surface area contributed by atoms with Gasteiger partial charge in [0, 0.05) is 11.4 Å². The van der Waals surface area contributed by atoms with Crippen molar-refractivity contribution in [2.45, 2.75) is 47.0 Å². The van der Waals surface area contributed by atoms with Crippen LogP contribution in [0.4, 0.5) is 0 Å². The molecule has 0 saturated heterocycles. The molecule has 0 saturated carbocycles. The summed E-state index contributed by atoms with van der Waals surface area (Å²) in [5, 5.41) is 0.665. The summed E-state index contributed by atoms with van der Waals surface area (Å²) in [4.78, 5) is 12.2. The highest BCUT2D eigenvalue weighted by Crippen LogP contribution is 2.32. The monoisotopic (exact) mass is 268 g/mol. The van der Waals surface area contributed by atoms with Crippen LogP contribution >= 0.6 is 11.6 Å². The lowest BCUT2D eigenvalue weighted by molar-refractivity contribution is 0.0977. The van der Waals surface area contributed by atoms with Crippen molar-refractivity contribution < 1.29 is 9.53 Å². The van der Waals surface area contributed by atoms with Crippen molar-refractivity contribution in [3.8, 4) is 5.75 Å². The second kappa shape index (κ2) is 6.79. The van der Waals surface area contributed by atoms with Crippen LogP contribution in [-0.4, -0.2) is 12.4 Å². The molecule has 2 nitrogen and oxygen atoms in total. The topological polar surface area (TPSA) is 26.3 Å². The van der Waals surface area contributed by atoms with E-state index in [9.17, 15) is 4.79 Å². The molecule has 0 heterocycles. The van der Waals surface area contributed by atoms with Crippen molar-refractivity contribution in [2.75, 3.05) is 6.61 Å². The van der Waals surface area contributed by atoms with Crippen LogP contribution < -0.4 is 4.74 Å². The van der Waals surface area contributed by atoms with Crippen LogP contribution in [0.1, 0.15) is 54.6 Å². The van der Waals surface area contributed by atoms with Gasteiger partial charge < -0.3 is 4.74 Å². The minimum Gasteiger partial charge on any atom is -0.493 e. The molecule has 0 aliphatic heterocycles. The van der Waals surface area contributed by atoms with Crippen LogP contribution in [0.15, 0.2) is 6.07 Å². The smallest absolute Gasteiger partial charge is 0.166 e. The Balaban J connectivity index is 3.25. The molecule has 1 aromatic carbocycles. The third-order valence-electron chi connectivity index (χ3n) is 2.86. The van der Waals surface area contributed by atoms with Gasteiger partial charge in [-0.15, -0.1) is 0 Å². The van der Waals surface area contributed by atoms with Crippen molar-refractivity contribution in [3.63, 3.8) is 0 Å². The molecule has 100 valence electrons. The zero-order chi connectivity index (χ0) is 13.7. The number of carbonyl (C=O) groups excluding carboxylic acids is 1. The zero-order valence-electron chi connectivity index (χ0n) is 11.6. The Labute approximate surface area is 114 Å². The Kier molecular flexibility index (Phi) is 5.67. The van der Waals surface area contributed by atoms with Gasteiger partial charge in [-0.25, -0.2) is 0 Å². The van der Waals surface area contributed by atoms with Gasteiger partial charge in [-0.3, -0.25) is 4.79 Å². The van der Waals surface area contributed by atoms with Gasteiger partial charge in [0.05, 0.1) is 12.2 Å². The first-order chi connectivity index (χ1) is 8.52. The van der Waals surface area contributed by atoms with E-state index < -0.39 is 0 Å². The van der Waals surface area contributed by atoms with Crippen molar-refractivity contribution in [2.24, 2.45) is 0 Å². The lowest BCUT2D eigenvalue weighted by Gasteiger charge is -2.15. The molecule has 0 spiro atoms. The van der Waals surface area contributed by atoms with Crippen LogP contribution in [0.3, 0.4) is 0 Å². The maximum Gasteiger partial charge on any atom is 0.166 e. The summed E-state index contributed by atoms with van der Waals surface area (Å²) in [5.41, 5.74) is 2.44. The number of rotatable bonds is 6. The molecule has 0 N–H and O–H groups in total. The first-order valence-electron chi connectivity index (χ1n) is 6.48. The third kappa shape index (κ3) is 3.26. The summed E-state index contributed by atoms with van der Waals surface area (Å²) >= 11 is 6.23. The molecular weight excluding hydrogens is 248 g/mol. The fourth-order valence-electron chi connectivity index (χ4n) is 1.95. The second-order valence-corrected chi connectivity index (χ2v) is 4.91. The van der Waals surface area contributed by atoms with Crippen LogP contribution in [0.2, 0.25) is 5.02 Å². The van der Waals surface area contributed by atoms with Crippen LogP contribution in [0.5, 0.6) is 5.75 Å². The molecule has 0 amide bonds. The normalized spacial score (nSPS) is 10.5. The molecule has 1 rings (SSSR count). The number of ketones is 1. The van der Waals surface area contributed by atoms with Crippen LogP contribution in [-0.2, 0) is 0 Å². The van der Waals surface area contributed by atoms with Gasteiger partial charge in [0.2, 0.25) is 0 Å². The molecule has 0 aliphatic rings. The summed E-state index contributed by atoms with van der Waals surface area (Å²) in [6, 6.07) is 1.87. The van der Waals surface area contributed by atoms with Gasteiger partial charge in [-0.1, -0.05) is 25.4 Å². The molecule has 1 aromatic rings. The number of hydrogen-bond donors (Lipinski definition) is 0. The Morgan fingerprint density at radius 3 is 2.50 bits per heavy atom. The van der Waals surface area contributed by atoms with E-state index >= 15 is 0 Å². The first kappa shape index (κ1) is 15.0. The minimum absolute atomic E-state index is 0.114. The van der Waals surface area contributed by atoms with Gasteiger partial charge >= 0.3 is 0 Å². The summed E-state index contributed by atoms with van der Waals surface area (Å²) < 4.78 is 5.69. The SMILES string of the molecule is CCCOc1cc(C)c(Cl)c(C)c1C(=O)CCC. The fourth-order valence-corrected chi connectivity index (χ4v) is 2.10. The predicted molar refractivity (Wildman–Crippen MR) is 76.0 cm³/mol. The third-order valence-corrected chi connectivity index (χ3v) is 3.44. The molecule has 0 unspecified atom stereocenters. The Hall–Kier alpha value is -1.02. The molecular formula is C15H21ClO2. The zero-order valence-corrected chi connectivity index (χ0v) is 12.4. The summed E-state index contributed by atoms with van der Waals surface area (Å²) in [6.45, 7) is 8.48. The Bertz CT molecular complexity index is 439. The number of halogens is 1. The summed E-state index contributed by atoms with van der Waals surface area (Å²) in [6.07, 6.45) is 2.28. The van der Waals surface area contributed by atoms with E-state index in [2.05, 4.69) is 0 Å². The Morgan fingerprint density at radius 1 is 1.28 bits per heavy atom. The highest BCUT2D eigenvalue weighted by molar-refractivity contribution is 6.32. The van der Waals surface area contributed by atoms with Crippen LogP contribution in [0, 0.1) is 13.8 Å². The molecule has 3 heteroatoms. The molecule has 0 atom stereocenters. The maximum absolute atomic E-state index is 12.2. The van der Waals surface area contributed by atoms with E-state index in [0.29, 0.717) is 29.4 Å². The van der Waals surface area contributed by atoms with Crippen molar-refractivity contribution >= 4 is 17.4 Å². The molecule has 0 radical (unpaired) electrons. The maximum atomic E-state index is 12.2. The lowest BCUT2D eigenvalue weighted by Crippen LogP contribution is -2.08. The van der Waals surface area contributed by atoms with E-state index in [-0.39, 0.29) is 5.78 Å². The standard InChI is InChI=1S/C15H21ClO2/c1-5-7-12(17)14-11(4)15(16)10(3)9-13(14)18-8-6-2/h9H,5-8H2,1-4H3. The second-order valence-electron chi connectivity index (χ2n) is 4.53. The van der Waals surface area contributed by atoms with Crippen molar-refractivity contribution in [3.05, 3.63) is 27.8 Å². The van der Waals surface area contributed by atoms with Crippen molar-refractivity contribution in [1.82, 2.24) is 0 Å². The molecule has 0 aliphatic carbocycles. The molecule has 18 heavy (non-hydrogen) atoms. The van der Waals surface area contributed by atoms with Gasteiger partial charge in [-0.2, -0.15) is 0 Å². The van der Waals surface area contributed by atoms with E-state index in [4.69, 9.17) is 16.3 Å². The minimum atomic E-state index is 0.114. The number of hydrogen-bond acceptors (Lipinski definition) is 2. The first-order valence-corrected chi connectivity index (χ1v) is 6.86. The molecule has 0 bridgehead atoms. The quantitative estimate of drug-likeness (QED) is 0.697. The van der Waals surface area contributed by atoms with E-state index in [1.54, 1.807) is 0 Å². The number of Topliss-reactive ketones (excluding diaryl/α,β-unsaturated/α-hetero) is 1. The van der Waals surface area contributed by atoms with Crippen molar-refractivity contribution in [1.29, 1.82) is 0 Å². The largest absolute Gasteiger partial charge is 0.493 e. The van der Waals surface area contributed by atoms with Crippen LogP contribution in [0.25, 0.3) is 0 Å². The van der Waals surface area contributed by atoms with E-state index in [0.717, 1.165) is 24.0 Å². The molecule has 0 fully saturated rings. The van der Waals surface area contributed by atoms with Gasteiger partial charge in [0.1, 0.15) is 5.75 Å². The van der Waals surface area contributed by atoms with Gasteiger partial charge in [0.25, 0.3) is 0 Å². The average Bonchev–Trinajstić information content (AvgIpc) is 2.33. The van der Waals surface area contributed by atoms with Gasteiger partial charge in [0.15, 0.2) is 5.78 Å². The predicted octanol–water partition coefficient (Wildman–Crippen LogP) is 4.73. The van der Waals surface area contributed by atoms with Gasteiger partial charge in [-0.05, 0) is 43.9 Å². The lowest BCUT2D eigenvalue weighted by atomic mass is 9.98. The highest BCUT2D eigenvalue weighted by atomic mass is 35.5. The van der Waals surface area contributed by atoms with E-state index in [1.807, 2.05) is 33.8 Å². The summed E-state index contributed by atoms with van der Waals surface area (Å²) in [7, 11) is 0. The Morgan fingerprint density at radius 2 is 1.94 bits per heavy atom. The molecule has 0 aromatic heterocycles. The number of ether oxygens (including phenoxy) is 1. The average molecular weight is 269 g/mol. The fraction of sp³-hybridized carbons (Fsp3) is 0.533. The number of aryl methyl sites for hydroxylation is 1. The highest BCUT2D eigenvalue weighted by Gasteiger charge is 2.18. The number of carbonyl (C=O) groups is 1. The summed E-state index contributed by atoms with van der Waals surface area (Å²) in [5.74, 6) is 0.790. The number of benzene rings is 1.